The highest BCUT2D eigenvalue weighted by molar-refractivity contribution is 7.21. The number of aliphatic hydroxyl groups excluding tert-OH is 1. The van der Waals surface area contributed by atoms with Gasteiger partial charge < -0.3 is 25.2 Å². The minimum absolute atomic E-state index is 0.0175. The number of hydrogen-bond donors (Lipinski definition) is 3. The third-order valence-electron chi connectivity index (χ3n) is 6.96. The molecule has 1 aromatic carbocycles. The van der Waals surface area contributed by atoms with Crippen molar-refractivity contribution in [3.8, 4) is 10.6 Å². The molecule has 2 aliphatic rings. The van der Waals surface area contributed by atoms with Gasteiger partial charge in [-0.15, -0.1) is 11.3 Å². The number of hydrogen-bond acceptors (Lipinski definition) is 9. The first-order valence-corrected chi connectivity index (χ1v) is 13.8. The number of nitrogens with one attached hydrogen (secondary N) is 2. The number of nitrogens with zero attached hydrogens (tertiary/aromatic N) is 3. The maximum atomic E-state index is 12.9. The summed E-state index contributed by atoms with van der Waals surface area (Å²) in [6.45, 7) is 11.4. The zero-order valence-electron chi connectivity index (χ0n) is 22.6. The van der Waals surface area contributed by atoms with Gasteiger partial charge in [0.25, 0.3) is 0 Å². The summed E-state index contributed by atoms with van der Waals surface area (Å²) in [5.41, 5.74) is 2.58. The number of allylic oxidation sites excluding steroid dienone is 4. The number of aromatic nitrogens is 3. The second-order valence-electron chi connectivity index (χ2n) is 10.6. The molecule has 3 N–H and O–H groups in total. The number of ether oxygens (including phenoxy) is 2. The summed E-state index contributed by atoms with van der Waals surface area (Å²) in [5, 5.41) is 17.7. The summed E-state index contributed by atoms with van der Waals surface area (Å²) in [4.78, 5) is 14.5. The Morgan fingerprint density at radius 3 is 2.82 bits per heavy atom. The topological polar surface area (TPSA) is 101 Å². The van der Waals surface area contributed by atoms with E-state index in [1.165, 1.54) is 6.08 Å². The predicted octanol–water partition coefficient (Wildman–Crippen LogP) is 6.12. The molecule has 8 nitrogen and oxygen atoms in total. The first-order valence-electron chi connectivity index (χ1n) is 13.0. The van der Waals surface area contributed by atoms with E-state index >= 15 is 0 Å². The van der Waals surface area contributed by atoms with Crippen LogP contribution in [0.2, 0.25) is 0 Å². The number of rotatable bonds is 9. The van der Waals surface area contributed by atoms with Crippen molar-refractivity contribution in [3.63, 3.8) is 0 Å². The van der Waals surface area contributed by atoms with Gasteiger partial charge in [0.05, 0.1) is 21.5 Å². The zero-order valence-corrected chi connectivity index (χ0v) is 23.4. The summed E-state index contributed by atoms with van der Waals surface area (Å²) < 4.78 is 26.7. The molecule has 0 radical (unpaired) electrons. The number of aryl methyl sites for hydroxylation is 1. The quantitative estimate of drug-likeness (QED) is 0.274. The first kappa shape index (κ1) is 27.4. The van der Waals surface area contributed by atoms with Crippen molar-refractivity contribution < 1.29 is 19.0 Å². The van der Waals surface area contributed by atoms with Crippen molar-refractivity contribution in [1.29, 1.82) is 0 Å². The van der Waals surface area contributed by atoms with E-state index in [1.54, 1.807) is 17.4 Å². The molecule has 10 heteroatoms. The normalized spacial score (nSPS) is 24.4. The molecule has 39 heavy (non-hydrogen) atoms. The van der Waals surface area contributed by atoms with Crippen LogP contribution in [0.15, 0.2) is 60.5 Å². The number of para-hydroxylation sites is 1. The summed E-state index contributed by atoms with van der Waals surface area (Å²) in [6, 6.07) is 8.01. The molecule has 206 valence electrons. The lowest BCUT2D eigenvalue weighted by Gasteiger charge is -2.31. The molecule has 3 aromatic rings. The Morgan fingerprint density at radius 1 is 1.28 bits per heavy atom. The molecule has 1 saturated heterocycles. The lowest BCUT2D eigenvalue weighted by Crippen LogP contribution is -2.46. The van der Waals surface area contributed by atoms with Crippen molar-refractivity contribution in [3.05, 3.63) is 66.2 Å². The SMILES string of the molecule is C=C(F)/C=C\C=C(/C)CNc1nc(C)c(-c2nc3ccccc3s2)c(N[C@@]23CC[C@H](CO)[C@H]2OC(C)(C)O3)n1. The standard InChI is InChI=1S/C29H34FN5O3S/c1-17(9-8-10-18(2)30)15-31-27-32-19(3)23(26-33-21-11-6-7-12-22(21)39-26)25(34-27)35-29-14-13-20(16-36)24(29)37-28(4,5)38-29/h6-12,20,24,36H,2,13-16H2,1,3-5H3,(H2,31,32,34,35)/b10-8-,17-9+/t20-,24-,29-/m1/s1. The van der Waals surface area contributed by atoms with Gasteiger partial charge in [0, 0.05) is 19.1 Å². The monoisotopic (exact) mass is 551 g/mol. The van der Waals surface area contributed by atoms with Gasteiger partial charge in [0.1, 0.15) is 22.8 Å². The molecule has 1 saturated carbocycles. The van der Waals surface area contributed by atoms with Gasteiger partial charge in [-0.05, 0) is 58.7 Å². The van der Waals surface area contributed by atoms with E-state index in [9.17, 15) is 9.50 Å². The molecule has 3 atom stereocenters. The molecule has 0 unspecified atom stereocenters. The fraction of sp³-hybridized carbons (Fsp3) is 0.414. The van der Waals surface area contributed by atoms with Gasteiger partial charge in [-0.2, -0.15) is 4.98 Å². The smallest absolute Gasteiger partial charge is 0.225 e. The summed E-state index contributed by atoms with van der Waals surface area (Å²) in [7, 11) is 0. The second kappa shape index (κ2) is 10.8. The van der Waals surface area contributed by atoms with Gasteiger partial charge in [0.2, 0.25) is 5.95 Å². The van der Waals surface area contributed by atoms with Crippen molar-refractivity contribution in [2.24, 2.45) is 5.92 Å². The average molecular weight is 552 g/mol. The fourth-order valence-corrected chi connectivity index (χ4v) is 6.33. The van der Waals surface area contributed by atoms with Crippen LogP contribution in [0.25, 0.3) is 20.8 Å². The molecule has 2 fully saturated rings. The third-order valence-corrected chi connectivity index (χ3v) is 8.01. The maximum absolute atomic E-state index is 12.9. The lowest BCUT2D eigenvalue weighted by molar-refractivity contribution is -0.168. The average Bonchev–Trinajstić information content (AvgIpc) is 3.50. The van der Waals surface area contributed by atoms with Crippen LogP contribution in [0.3, 0.4) is 0 Å². The van der Waals surface area contributed by atoms with E-state index < -0.39 is 17.3 Å². The van der Waals surface area contributed by atoms with Crippen molar-refractivity contribution in [2.45, 2.75) is 58.2 Å². The summed E-state index contributed by atoms with van der Waals surface area (Å²) >= 11 is 1.58. The van der Waals surface area contributed by atoms with Crippen LogP contribution < -0.4 is 10.6 Å². The Kier molecular flexibility index (Phi) is 7.56. The summed E-state index contributed by atoms with van der Waals surface area (Å²) in [6.07, 6.45) is 5.81. The number of benzene rings is 1. The van der Waals surface area contributed by atoms with Crippen molar-refractivity contribution in [1.82, 2.24) is 15.0 Å². The third kappa shape index (κ3) is 5.74. The van der Waals surface area contributed by atoms with Gasteiger partial charge in [-0.3, -0.25) is 0 Å². The van der Waals surface area contributed by atoms with Gasteiger partial charge in [-0.1, -0.05) is 36.4 Å². The molecule has 2 aromatic heterocycles. The van der Waals surface area contributed by atoms with Crippen LogP contribution in [0.5, 0.6) is 0 Å². The highest BCUT2D eigenvalue weighted by atomic mass is 32.1. The van der Waals surface area contributed by atoms with E-state index in [0.29, 0.717) is 24.7 Å². The van der Waals surface area contributed by atoms with E-state index in [1.807, 2.05) is 58.0 Å². The van der Waals surface area contributed by atoms with E-state index in [2.05, 4.69) is 17.2 Å². The molecule has 5 rings (SSSR count). The molecular weight excluding hydrogens is 517 g/mol. The lowest BCUT2D eigenvalue weighted by atomic mass is 10.0. The van der Waals surface area contributed by atoms with Crippen LogP contribution in [0.4, 0.5) is 16.2 Å². The van der Waals surface area contributed by atoms with Crippen LogP contribution in [0, 0.1) is 12.8 Å². The Balaban J connectivity index is 1.53. The first-order chi connectivity index (χ1) is 18.6. The maximum Gasteiger partial charge on any atom is 0.225 e. The Hall–Kier alpha value is -3.18. The van der Waals surface area contributed by atoms with E-state index in [4.69, 9.17) is 24.4 Å². The highest BCUT2D eigenvalue weighted by Gasteiger charge is 2.60. The Labute approximate surface area is 231 Å². The van der Waals surface area contributed by atoms with Gasteiger partial charge in [0.15, 0.2) is 11.5 Å². The number of halogens is 1. The van der Waals surface area contributed by atoms with Crippen LogP contribution in [-0.4, -0.2) is 50.8 Å². The molecular formula is C29H34FN5O3S. The minimum atomic E-state index is -0.851. The Bertz CT molecular complexity index is 1420. The van der Waals surface area contributed by atoms with Crippen molar-refractivity contribution in [2.75, 3.05) is 23.8 Å². The van der Waals surface area contributed by atoms with Crippen LogP contribution in [0.1, 0.15) is 39.3 Å². The van der Waals surface area contributed by atoms with Gasteiger partial charge >= 0.3 is 0 Å². The zero-order chi connectivity index (χ0) is 27.8. The number of thiazole rings is 1. The van der Waals surface area contributed by atoms with Crippen LogP contribution in [-0.2, 0) is 9.47 Å². The molecule has 0 amide bonds. The molecule has 1 aliphatic heterocycles. The number of fused-ring (bicyclic) bond motifs is 2. The minimum Gasteiger partial charge on any atom is -0.396 e. The largest absolute Gasteiger partial charge is 0.396 e. The van der Waals surface area contributed by atoms with Crippen molar-refractivity contribution >= 4 is 33.3 Å². The van der Waals surface area contributed by atoms with E-state index in [0.717, 1.165) is 38.5 Å². The fourth-order valence-electron chi connectivity index (χ4n) is 5.26. The Morgan fingerprint density at radius 2 is 2.08 bits per heavy atom. The number of anilines is 2. The summed E-state index contributed by atoms with van der Waals surface area (Å²) in [5.74, 6) is -0.336. The van der Waals surface area contributed by atoms with Crippen LogP contribution >= 0.6 is 11.3 Å². The molecule has 0 bridgehead atoms. The molecule has 0 spiro atoms. The van der Waals surface area contributed by atoms with E-state index in [-0.39, 0.29) is 18.6 Å². The predicted molar refractivity (Wildman–Crippen MR) is 153 cm³/mol. The second-order valence-corrected chi connectivity index (χ2v) is 11.6. The molecule has 1 aliphatic carbocycles. The highest BCUT2D eigenvalue weighted by Crippen LogP contribution is 2.50. The van der Waals surface area contributed by atoms with Gasteiger partial charge in [-0.25, -0.2) is 14.4 Å². The molecule has 3 heterocycles. The number of aliphatic hydroxyl groups is 1.